The molecule has 0 spiro atoms. The van der Waals surface area contributed by atoms with E-state index in [2.05, 4.69) is 31.0 Å². The van der Waals surface area contributed by atoms with Crippen molar-refractivity contribution >= 4 is 46.4 Å². The Balaban J connectivity index is 0.723. The monoisotopic (exact) mass is 1010 g/mol. The molecular formula is C51H56Cl2N10O8. The first-order chi connectivity index (χ1) is 34.6. The van der Waals surface area contributed by atoms with Crippen molar-refractivity contribution in [3.05, 3.63) is 141 Å². The van der Waals surface area contributed by atoms with Gasteiger partial charge in [-0.25, -0.2) is 0 Å². The van der Waals surface area contributed by atoms with Gasteiger partial charge >= 0.3 is 0 Å². The average molecular weight is 1010 g/mol. The van der Waals surface area contributed by atoms with Crippen LogP contribution in [0.1, 0.15) is 77.4 Å². The van der Waals surface area contributed by atoms with Crippen LogP contribution >= 0.6 is 23.2 Å². The largest absolute Gasteiger partial charge is 0.497 e. The van der Waals surface area contributed by atoms with Gasteiger partial charge in [0.1, 0.15) is 41.8 Å². The molecule has 18 nitrogen and oxygen atoms in total. The number of nitrogens with one attached hydrogen (secondary N) is 2. The zero-order chi connectivity index (χ0) is 49.7. The van der Waals surface area contributed by atoms with Gasteiger partial charge in [0.2, 0.25) is 11.8 Å². The van der Waals surface area contributed by atoms with Gasteiger partial charge in [0, 0.05) is 45.4 Å². The molecule has 8 rings (SSSR count). The summed E-state index contributed by atoms with van der Waals surface area (Å²) >= 11 is 12.5. The fourth-order valence-corrected chi connectivity index (χ4v) is 8.50. The maximum absolute atomic E-state index is 13.3. The molecule has 71 heavy (non-hydrogen) atoms. The van der Waals surface area contributed by atoms with Gasteiger partial charge in [-0.3, -0.25) is 28.7 Å². The normalized spacial score (nSPS) is 14.7. The SMILES string of the molecule is CCNC(=O)C[C@@H]1N=C(c2ccc(Cl)cc2)c2cc(OCCOCCOCCOCCOCCNC(=O)C[C@@H]3N=C(c4ccc(Cl)cc4)c4cc(OC)ccc4-n4c(C)nnc43)ccc2-n2c(C)nnc21. The molecule has 6 aromatic rings. The van der Waals surface area contributed by atoms with Crippen LogP contribution in [0.5, 0.6) is 11.5 Å². The number of fused-ring (bicyclic) bond motifs is 6. The Bertz CT molecular complexity index is 2850. The van der Waals surface area contributed by atoms with Crippen LogP contribution in [0.15, 0.2) is 94.9 Å². The molecule has 0 saturated heterocycles. The van der Waals surface area contributed by atoms with E-state index in [1.165, 1.54) is 0 Å². The summed E-state index contributed by atoms with van der Waals surface area (Å²) in [6, 6.07) is 25.2. The van der Waals surface area contributed by atoms with E-state index in [1.807, 2.05) is 115 Å². The Hall–Kier alpha value is -6.54. The van der Waals surface area contributed by atoms with E-state index in [0.717, 1.165) is 33.6 Å². The number of carbonyl (C=O) groups is 2. The Labute approximate surface area is 421 Å². The van der Waals surface area contributed by atoms with E-state index in [4.69, 9.17) is 61.6 Å². The minimum Gasteiger partial charge on any atom is -0.497 e. The quantitative estimate of drug-likeness (QED) is 0.0607. The molecule has 0 fully saturated rings. The highest BCUT2D eigenvalue weighted by molar-refractivity contribution is 6.31. The molecule has 2 N–H and O–H groups in total. The molecule has 372 valence electrons. The summed E-state index contributed by atoms with van der Waals surface area (Å²) in [4.78, 5) is 36.3. The van der Waals surface area contributed by atoms with Crippen LogP contribution in [0.2, 0.25) is 10.0 Å². The molecule has 0 bridgehead atoms. The third kappa shape index (κ3) is 12.7. The first-order valence-electron chi connectivity index (χ1n) is 23.4. The van der Waals surface area contributed by atoms with Gasteiger partial charge in [-0.2, -0.15) is 0 Å². The zero-order valence-corrected chi connectivity index (χ0v) is 41.5. The number of benzene rings is 4. The van der Waals surface area contributed by atoms with Gasteiger partial charge in [0.05, 0.1) is 95.6 Å². The van der Waals surface area contributed by atoms with Gasteiger partial charge < -0.3 is 39.1 Å². The molecule has 0 saturated carbocycles. The first kappa shape index (κ1) is 50.8. The maximum atomic E-state index is 13.3. The Morgan fingerprint density at radius 1 is 0.563 bits per heavy atom. The molecule has 0 unspecified atom stereocenters. The molecule has 0 aliphatic carbocycles. The number of hydrogen-bond donors (Lipinski definition) is 2. The third-order valence-corrected chi connectivity index (χ3v) is 12.1. The van der Waals surface area contributed by atoms with Crippen molar-refractivity contribution in [2.45, 2.75) is 45.7 Å². The number of amides is 2. The molecule has 2 aromatic heterocycles. The Kier molecular flexibility index (Phi) is 17.6. The Morgan fingerprint density at radius 3 is 1.48 bits per heavy atom. The molecular weight excluding hydrogens is 952 g/mol. The summed E-state index contributed by atoms with van der Waals surface area (Å²) in [5, 5.41) is 24.6. The van der Waals surface area contributed by atoms with Gasteiger partial charge in [0.15, 0.2) is 11.6 Å². The fraction of sp³-hybridized carbons (Fsp3) is 0.373. The number of aryl methyl sites for hydroxylation is 2. The number of methoxy groups -OCH3 is 1. The lowest BCUT2D eigenvalue weighted by Gasteiger charge is -2.15. The number of nitrogens with zero attached hydrogens (tertiary/aromatic N) is 8. The van der Waals surface area contributed by atoms with Crippen molar-refractivity contribution in [3.8, 4) is 22.9 Å². The summed E-state index contributed by atoms with van der Waals surface area (Å²) in [6.07, 6.45) is 0.168. The predicted octanol–water partition coefficient (Wildman–Crippen LogP) is 6.74. The lowest BCUT2D eigenvalue weighted by atomic mass is 10.00. The van der Waals surface area contributed by atoms with Gasteiger partial charge in [0.25, 0.3) is 0 Å². The van der Waals surface area contributed by atoms with Crippen LogP contribution in [-0.2, 0) is 28.5 Å². The van der Waals surface area contributed by atoms with Crippen molar-refractivity contribution in [2.24, 2.45) is 9.98 Å². The average Bonchev–Trinajstić information content (AvgIpc) is 3.87. The van der Waals surface area contributed by atoms with Crippen molar-refractivity contribution in [2.75, 3.05) is 79.7 Å². The van der Waals surface area contributed by atoms with E-state index in [0.29, 0.717) is 129 Å². The number of halogens is 2. The number of hydrogen-bond acceptors (Lipinski definition) is 14. The van der Waals surface area contributed by atoms with Crippen LogP contribution in [0.4, 0.5) is 0 Å². The molecule has 20 heteroatoms. The van der Waals surface area contributed by atoms with E-state index < -0.39 is 12.1 Å². The number of aliphatic imine (C=N–C) groups is 2. The third-order valence-electron chi connectivity index (χ3n) is 11.6. The maximum Gasteiger partial charge on any atom is 0.222 e. The first-order valence-corrected chi connectivity index (χ1v) is 24.2. The van der Waals surface area contributed by atoms with Gasteiger partial charge in [-0.15, -0.1) is 20.4 Å². The molecule has 0 radical (unpaired) electrons. The second kappa shape index (κ2) is 24.5. The molecule has 2 aliphatic rings. The molecule has 2 atom stereocenters. The van der Waals surface area contributed by atoms with Crippen molar-refractivity contribution in [3.63, 3.8) is 0 Å². The second-order valence-electron chi connectivity index (χ2n) is 16.5. The zero-order valence-electron chi connectivity index (χ0n) is 40.0. The van der Waals surface area contributed by atoms with E-state index in [1.54, 1.807) is 7.11 Å². The van der Waals surface area contributed by atoms with Crippen LogP contribution in [0.3, 0.4) is 0 Å². The number of carbonyl (C=O) groups excluding carboxylic acids is 2. The smallest absolute Gasteiger partial charge is 0.222 e. The molecule has 2 aliphatic heterocycles. The second-order valence-corrected chi connectivity index (χ2v) is 17.3. The molecule has 2 amide bonds. The van der Waals surface area contributed by atoms with E-state index >= 15 is 0 Å². The summed E-state index contributed by atoms with van der Waals surface area (Å²) < 4.78 is 38.4. The highest BCUT2D eigenvalue weighted by Gasteiger charge is 2.32. The summed E-state index contributed by atoms with van der Waals surface area (Å²) in [6.45, 7) is 9.75. The summed E-state index contributed by atoms with van der Waals surface area (Å²) in [5.74, 6) is 3.48. The van der Waals surface area contributed by atoms with Gasteiger partial charge in [-0.05, 0) is 81.4 Å². The van der Waals surface area contributed by atoms with E-state index in [9.17, 15) is 9.59 Å². The van der Waals surface area contributed by atoms with Crippen molar-refractivity contribution in [1.82, 2.24) is 40.2 Å². The Morgan fingerprint density at radius 2 is 1.00 bits per heavy atom. The minimum atomic E-state index is -0.611. The van der Waals surface area contributed by atoms with Crippen LogP contribution in [0.25, 0.3) is 11.4 Å². The highest BCUT2D eigenvalue weighted by Crippen LogP contribution is 2.36. The number of aromatic nitrogens is 6. The van der Waals surface area contributed by atoms with Crippen molar-refractivity contribution in [1.29, 1.82) is 0 Å². The number of ether oxygens (including phenoxy) is 6. The van der Waals surface area contributed by atoms with Crippen LogP contribution in [-0.4, -0.2) is 132 Å². The lowest BCUT2D eigenvalue weighted by Crippen LogP contribution is -2.29. The summed E-state index contributed by atoms with van der Waals surface area (Å²) in [5.41, 5.74) is 6.36. The topological polar surface area (TPSA) is 200 Å². The van der Waals surface area contributed by atoms with E-state index in [-0.39, 0.29) is 24.7 Å². The molecule has 4 heterocycles. The molecule has 4 aromatic carbocycles. The number of rotatable bonds is 24. The van der Waals surface area contributed by atoms with Crippen LogP contribution < -0.4 is 20.1 Å². The standard InChI is InChI=1S/C51H56Cl2N10O8/c1-5-54-46(64)30-42-50-60-59-33(3)63(50)45-17-15-39(29-41(45)49(56-42)35-8-12-37(53)13-9-35)71-27-26-70-25-24-69-23-22-68-21-20-67-19-18-55-47(65)31-43-51-61-58-32(2)62(51)44-16-14-38(66-4)28-40(44)48(57-43)34-6-10-36(52)11-7-34/h6-17,28-29,42-43H,5,18-27,30-31H2,1-4H3,(H,54,64)(H,55,65)/t42-,43-/m0/s1. The summed E-state index contributed by atoms with van der Waals surface area (Å²) in [7, 11) is 1.62. The van der Waals surface area contributed by atoms with Crippen molar-refractivity contribution < 1.29 is 38.0 Å². The van der Waals surface area contributed by atoms with Crippen LogP contribution in [0, 0.1) is 13.8 Å². The highest BCUT2D eigenvalue weighted by atomic mass is 35.5. The predicted molar refractivity (Wildman–Crippen MR) is 268 cm³/mol. The lowest BCUT2D eigenvalue weighted by molar-refractivity contribution is -0.122. The minimum absolute atomic E-state index is 0.0535. The van der Waals surface area contributed by atoms with Gasteiger partial charge in [-0.1, -0.05) is 47.5 Å². The fourth-order valence-electron chi connectivity index (χ4n) is 8.25.